The zero-order chi connectivity index (χ0) is 13.9. The summed E-state index contributed by atoms with van der Waals surface area (Å²) >= 11 is 0. The van der Waals surface area contributed by atoms with E-state index < -0.39 is 12.2 Å². The van der Waals surface area contributed by atoms with Crippen molar-refractivity contribution in [2.75, 3.05) is 19.6 Å². The Morgan fingerprint density at radius 3 is 2.80 bits per heavy atom. The molecule has 6 atom stereocenters. The van der Waals surface area contributed by atoms with Crippen LogP contribution in [-0.2, 0) is 4.79 Å². The maximum atomic E-state index is 12.2. The second kappa shape index (κ2) is 4.68. The molecule has 112 valence electrons. The monoisotopic (exact) mass is 280 g/mol. The first-order valence-corrected chi connectivity index (χ1v) is 8.05. The van der Waals surface area contributed by atoms with Crippen LogP contribution in [0.15, 0.2) is 0 Å². The summed E-state index contributed by atoms with van der Waals surface area (Å²) in [5.41, 5.74) is 0. The van der Waals surface area contributed by atoms with Crippen molar-refractivity contribution in [3.05, 3.63) is 0 Å². The van der Waals surface area contributed by atoms with Crippen molar-refractivity contribution in [3.63, 3.8) is 0 Å². The lowest BCUT2D eigenvalue weighted by molar-refractivity contribution is -0.163. The van der Waals surface area contributed by atoms with Crippen LogP contribution in [0.3, 0.4) is 0 Å². The molecule has 0 aromatic rings. The highest BCUT2D eigenvalue weighted by Crippen LogP contribution is 2.43. The Kier molecular flexibility index (Phi) is 3.05. The van der Waals surface area contributed by atoms with Crippen molar-refractivity contribution in [3.8, 4) is 0 Å². The van der Waals surface area contributed by atoms with E-state index in [2.05, 4.69) is 9.80 Å². The predicted molar refractivity (Wildman–Crippen MR) is 72.9 cm³/mol. The molecular weight excluding hydrogens is 256 g/mol. The zero-order valence-electron chi connectivity index (χ0n) is 11.8. The van der Waals surface area contributed by atoms with Gasteiger partial charge in [-0.3, -0.25) is 9.69 Å². The molecule has 0 unspecified atom stereocenters. The van der Waals surface area contributed by atoms with Crippen LogP contribution in [0.1, 0.15) is 32.1 Å². The van der Waals surface area contributed by atoms with Gasteiger partial charge in [-0.2, -0.15) is 0 Å². The SMILES string of the molecule is O=C1CCC[C@H]2[C@@H]3C[C@H](CN12)[C@@H]1[C@@H](O)[C@@H](O)CCN1C3. The minimum atomic E-state index is -0.647. The van der Waals surface area contributed by atoms with E-state index in [0.717, 1.165) is 38.9 Å². The maximum Gasteiger partial charge on any atom is 0.222 e. The van der Waals surface area contributed by atoms with E-state index in [1.165, 1.54) is 0 Å². The van der Waals surface area contributed by atoms with Crippen molar-refractivity contribution in [2.45, 2.75) is 56.4 Å². The van der Waals surface area contributed by atoms with E-state index in [1.807, 2.05) is 0 Å². The number of aliphatic hydroxyl groups is 2. The Morgan fingerprint density at radius 2 is 1.95 bits per heavy atom. The molecule has 4 rings (SSSR count). The van der Waals surface area contributed by atoms with Crippen molar-refractivity contribution < 1.29 is 15.0 Å². The molecule has 2 N–H and O–H groups in total. The molecule has 4 saturated heterocycles. The molecule has 0 saturated carbocycles. The van der Waals surface area contributed by atoms with E-state index in [4.69, 9.17) is 0 Å². The molecule has 0 aliphatic carbocycles. The van der Waals surface area contributed by atoms with Gasteiger partial charge >= 0.3 is 0 Å². The highest BCUT2D eigenvalue weighted by Gasteiger charge is 2.51. The lowest BCUT2D eigenvalue weighted by Gasteiger charge is -2.58. The van der Waals surface area contributed by atoms with E-state index >= 15 is 0 Å². The quantitative estimate of drug-likeness (QED) is 0.646. The molecule has 4 aliphatic heterocycles. The van der Waals surface area contributed by atoms with Crippen LogP contribution < -0.4 is 0 Å². The van der Waals surface area contributed by atoms with Gasteiger partial charge in [0.25, 0.3) is 0 Å². The average molecular weight is 280 g/mol. The number of hydrogen-bond donors (Lipinski definition) is 2. The Hall–Kier alpha value is -0.650. The number of amides is 1. The minimum Gasteiger partial charge on any atom is -0.390 e. The van der Waals surface area contributed by atoms with Crippen molar-refractivity contribution in [1.82, 2.24) is 9.80 Å². The van der Waals surface area contributed by atoms with Crippen LogP contribution in [0.5, 0.6) is 0 Å². The topological polar surface area (TPSA) is 64.0 Å². The molecule has 0 spiro atoms. The number of fused-ring (bicyclic) bond motifs is 6. The van der Waals surface area contributed by atoms with Gasteiger partial charge in [0.2, 0.25) is 5.91 Å². The van der Waals surface area contributed by atoms with Gasteiger partial charge in [0, 0.05) is 38.1 Å². The number of carbonyl (C=O) groups is 1. The first-order chi connectivity index (χ1) is 9.65. The Labute approximate surface area is 119 Å². The number of aliphatic hydroxyl groups excluding tert-OH is 2. The molecule has 4 fully saturated rings. The number of nitrogens with zero attached hydrogens (tertiary/aromatic N) is 2. The third-order valence-corrected chi connectivity index (χ3v) is 6.02. The largest absolute Gasteiger partial charge is 0.390 e. The van der Waals surface area contributed by atoms with E-state index in [-0.39, 0.29) is 6.04 Å². The normalized spacial score (nSPS) is 48.7. The lowest BCUT2D eigenvalue weighted by atomic mass is 9.70. The summed E-state index contributed by atoms with van der Waals surface area (Å²) in [5, 5.41) is 20.3. The number of piperidine rings is 4. The fourth-order valence-electron chi connectivity index (χ4n) is 5.14. The Balaban J connectivity index is 1.61. The van der Waals surface area contributed by atoms with Crippen LogP contribution in [0.4, 0.5) is 0 Å². The molecule has 4 aliphatic rings. The summed E-state index contributed by atoms with van der Waals surface area (Å²) in [7, 11) is 0. The molecule has 1 amide bonds. The second-order valence-electron chi connectivity index (χ2n) is 7.09. The van der Waals surface area contributed by atoms with Crippen LogP contribution in [0, 0.1) is 11.8 Å². The fraction of sp³-hybridized carbons (Fsp3) is 0.933. The smallest absolute Gasteiger partial charge is 0.222 e. The van der Waals surface area contributed by atoms with Gasteiger partial charge in [-0.1, -0.05) is 0 Å². The van der Waals surface area contributed by atoms with Gasteiger partial charge in [-0.25, -0.2) is 0 Å². The standard InChI is InChI=1S/C15H24N2O3/c18-12-4-5-16-7-9-6-10(14(16)15(12)20)8-17-11(9)2-1-3-13(17)19/h9-12,14-15,18,20H,1-8H2/t9-,10-,11+,12+,14-,15+/m1/s1. The van der Waals surface area contributed by atoms with E-state index in [0.29, 0.717) is 36.6 Å². The minimum absolute atomic E-state index is 0.0469. The molecular formula is C15H24N2O3. The molecule has 0 aromatic heterocycles. The summed E-state index contributed by atoms with van der Waals surface area (Å²) in [4.78, 5) is 16.6. The summed E-state index contributed by atoms with van der Waals surface area (Å²) in [6, 6.07) is 0.475. The van der Waals surface area contributed by atoms with Gasteiger partial charge < -0.3 is 15.1 Å². The van der Waals surface area contributed by atoms with Gasteiger partial charge in [0.15, 0.2) is 0 Å². The molecule has 4 heterocycles. The van der Waals surface area contributed by atoms with Gasteiger partial charge in [-0.15, -0.1) is 0 Å². The third kappa shape index (κ3) is 1.83. The summed E-state index contributed by atoms with van der Waals surface area (Å²) < 4.78 is 0. The second-order valence-corrected chi connectivity index (χ2v) is 7.09. The van der Waals surface area contributed by atoms with Gasteiger partial charge in [0.05, 0.1) is 12.2 Å². The summed E-state index contributed by atoms with van der Waals surface area (Å²) in [5.74, 6) is 1.20. The van der Waals surface area contributed by atoms with E-state index in [1.54, 1.807) is 0 Å². The Morgan fingerprint density at radius 1 is 1.10 bits per heavy atom. The zero-order valence-corrected chi connectivity index (χ0v) is 11.8. The number of rotatable bonds is 0. The third-order valence-electron chi connectivity index (χ3n) is 6.02. The highest BCUT2D eigenvalue weighted by molar-refractivity contribution is 5.77. The summed E-state index contributed by atoms with van der Waals surface area (Å²) in [6.45, 7) is 2.65. The molecule has 5 heteroatoms. The first kappa shape index (κ1) is 13.0. The van der Waals surface area contributed by atoms with Crippen LogP contribution in [0.25, 0.3) is 0 Å². The van der Waals surface area contributed by atoms with Gasteiger partial charge in [0.1, 0.15) is 0 Å². The predicted octanol–water partition coefficient (Wildman–Crippen LogP) is -0.187. The molecule has 20 heavy (non-hydrogen) atoms. The van der Waals surface area contributed by atoms with Crippen molar-refractivity contribution in [1.29, 1.82) is 0 Å². The fourth-order valence-corrected chi connectivity index (χ4v) is 5.14. The average Bonchev–Trinajstić information content (AvgIpc) is 2.44. The van der Waals surface area contributed by atoms with Crippen LogP contribution >= 0.6 is 0 Å². The van der Waals surface area contributed by atoms with E-state index in [9.17, 15) is 15.0 Å². The molecule has 5 nitrogen and oxygen atoms in total. The maximum absolute atomic E-state index is 12.2. The van der Waals surface area contributed by atoms with Crippen molar-refractivity contribution >= 4 is 5.91 Å². The van der Waals surface area contributed by atoms with Crippen molar-refractivity contribution in [2.24, 2.45) is 11.8 Å². The molecule has 0 aromatic carbocycles. The summed E-state index contributed by atoms with van der Waals surface area (Å²) in [6.07, 6.45) is 3.41. The van der Waals surface area contributed by atoms with Gasteiger partial charge in [-0.05, 0) is 37.5 Å². The lowest BCUT2D eigenvalue weighted by Crippen LogP contribution is -2.69. The van der Waals surface area contributed by atoms with Crippen LogP contribution in [-0.4, -0.2) is 69.8 Å². The van der Waals surface area contributed by atoms with Crippen LogP contribution in [0.2, 0.25) is 0 Å². The first-order valence-electron chi connectivity index (χ1n) is 8.05. The highest BCUT2D eigenvalue weighted by atomic mass is 16.3. The molecule has 0 radical (unpaired) electrons. The Bertz CT molecular complexity index is 416. The number of carbonyl (C=O) groups excluding carboxylic acids is 1. The number of hydrogen-bond acceptors (Lipinski definition) is 4. The molecule has 2 bridgehead atoms.